The third-order valence-electron chi connectivity index (χ3n) is 2.97. The van der Waals surface area contributed by atoms with E-state index in [0.29, 0.717) is 13.1 Å². The van der Waals surface area contributed by atoms with E-state index in [1.165, 1.54) is 0 Å². The van der Waals surface area contributed by atoms with Crippen molar-refractivity contribution in [2.45, 2.75) is 40.2 Å². The molecule has 1 amide bonds. The van der Waals surface area contributed by atoms with Crippen LogP contribution in [0.2, 0.25) is 0 Å². The Kier molecular flexibility index (Phi) is 6.64. The Hall–Kier alpha value is -1.29. The van der Waals surface area contributed by atoms with Crippen molar-refractivity contribution in [2.24, 2.45) is 0 Å². The number of carbonyl (C=O) groups is 1. The van der Waals surface area contributed by atoms with E-state index in [4.69, 9.17) is 4.42 Å². The molecule has 1 rings (SSSR count). The molecule has 0 aliphatic carbocycles. The number of furan rings is 1. The zero-order valence-corrected chi connectivity index (χ0v) is 12.6. The summed E-state index contributed by atoms with van der Waals surface area (Å²) in [5.74, 6) is 2.02. The molecule has 0 fully saturated rings. The van der Waals surface area contributed by atoms with Crippen LogP contribution in [0.1, 0.15) is 38.2 Å². The van der Waals surface area contributed by atoms with Crippen molar-refractivity contribution in [3.63, 3.8) is 0 Å². The predicted octanol–water partition coefficient (Wildman–Crippen LogP) is 2.67. The van der Waals surface area contributed by atoms with E-state index in [2.05, 4.69) is 13.8 Å². The predicted molar refractivity (Wildman–Crippen MR) is 76.9 cm³/mol. The molecule has 0 bridgehead atoms. The Morgan fingerprint density at radius 2 is 1.84 bits per heavy atom. The van der Waals surface area contributed by atoms with Gasteiger partial charge in [-0.15, -0.1) is 0 Å². The maximum atomic E-state index is 12.2. The monoisotopic (exact) mass is 266 g/mol. The number of amides is 1. The fraction of sp³-hybridized carbons (Fsp3) is 0.667. The Morgan fingerprint density at radius 3 is 2.32 bits per heavy atom. The van der Waals surface area contributed by atoms with Gasteiger partial charge in [-0.05, 0) is 38.9 Å². The van der Waals surface area contributed by atoms with Crippen LogP contribution in [0.25, 0.3) is 0 Å². The van der Waals surface area contributed by atoms with Crippen LogP contribution in [0.15, 0.2) is 16.5 Å². The van der Waals surface area contributed by atoms with E-state index in [-0.39, 0.29) is 5.91 Å². The molecule has 0 aliphatic rings. The lowest BCUT2D eigenvalue weighted by Gasteiger charge is -2.24. The summed E-state index contributed by atoms with van der Waals surface area (Å²) < 4.78 is 5.52. The van der Waals surface area contributed by atoms with Crippen molar-refractivity contribution in [3.05, 3.63) is 23.7 Å². The molecule has 0 aromatic carbocycles. The molecule has 19 heavy (non-hydrogen) atoms. The van der Waals surface area contributed by atoms with Gasteiger partial charge < -0.3 is 9.32 Å². The molecule has 1 aromatic heterocycles. The molecule has 0 atom stereocenters. The third kappa shape index (κ3) is 5.47. The van der Waals surface area contributed by atoms with Crippen molar-refractivity contribution in [1.29, 1.82) is 0 Å². The first-order valence-electron chi connectivity index (χ1n) is 7.08. The summed E-state index contributed by atoms with van der Waals surface area (Å²) >= 11 is 0. The highest BCUT2D eigenvalue weighted by molar-refractivity contribution is 5.78. The lowest BCUT2D eigenvalue weighted by Crippen LogP contribution is -2.39. The molecular weight excluding hydrogens is 240 g/mol. The molecule has 0 saturated carbocycles. The van der Waals surface area contributed by atoms with Gasteiger partial charge in [-0.25, -0.2) is 0 Å². The second-order valence-corrected chi connectivity index (χ2v) is 5.07. The maximum absolute atomic E-state index is 12.2. The second-order valence-electron chi connectivity index (χ2n) is 5.07. The Morgan fingerprint density at radius 1 is 1.21 bits per heavy atom. The minimum atomic E-state index is 0.203. The number of aryl methyl sites for hydroxylation is 1. The largest absolute Gasteiger partial charge is 0.465 e. The fourth-order valence-corrected chi connectivity index (χ4v) is 2.12. The normalized spacial score (nSPS) is 11.0. The van der Waals surface area contributed by atoms with E-state index in [1.54, 1.807) is 0 Å². The summed E-state index contributed by atoms with van der Waals surface area (Å²) in [6, 6.07) is 3.91. The molecular formula is C15H26N2O2. The number of hydrogen-bond donors (Lipinski definition) is 0. The van der Waals surface area contributed by atoms with Gasteiger partial charge in [-0.2, -0.15) is 0 Å². The molecule has 0 aliphatic heterocycles. The average molecular weight is 266 g/mol. The van der Waals surface area contributed by atoms with Crippen LogP contribution in [0.3, 0.4) is 0 Å². The zero-order chi connectivity index (χ0) is 14.3. The van der Waals surface area contributed by atoms with Crippen molar-refractivity contribution < 1.29 is 9.21 Å². The summed E-state index contributed by atoms with van der Waals surface area (Å²) in [7, 11) is 1.95. The van der Waals surface area contributed by atoms with Crippen LogP contribution in [0.5, 0.6) is 0 Å². The molecule has 108 valence electrons. The van der Waals surface area contributed by atoms with Crippen LogP contribution in [-0.2, 0) is 11.3 Å². The molecule has 0 radical (unpaired) electrons. The van der Waals surface area contributed by atoms with Gasteiger partial charge in [0.2, 0.25) is 5.91 Å². The summed E-state index contributed by atoms with van der Waals surface area (Å²) in [4.78, 5) is 16.1. The van der Waals surface area contributed by atoms with E-state index in [1.807, 2.05) is 35.9 Å². The lowest BCUT2D eigenvalue weighted by molar-refractivity contribution is -0.132. The van der Waals surface area contributed by atoms with Gasteiger partial charge in [0.25, 0.3) is 0 Å². The Bertz CT molecular complexity index is 381. The van der Waals surface area contributed by atoms with Gasteiger partial charge in [-0.3, -0.25) is 9.69 Å². The highest BCUT2D eigenvalue weighted by Gasteiger charge is 2.14. The SMILES string of the molecule is CCCN(CCC)C(=O)CN(C)Cc1ccc(C)o1. The average Bonchev–Trinajstić information content (AvgIpc) is 2.74. The summed E-state index contributed by atoms with van der Waals surface area (Å²) in [5, 5.41) is 0. The molecule has 4 nitrogen and oxygen atoms in total. The van der Waals surface area contributed by atoms with Crippen LogP contribution < -0.4 is 0 Å². The highest BCUT2D eigenvalue weighted by Crippen LogP contribution is 2.08. The Labute approximate surface area is 116 Å². The van der Waals surface area contributed by atoms with Crippen LogP contribution in [0.4, 0.5) is 0 Å². The summed E-state index contributed by atoms with van der Waals surface area (Å²) in [6.07, 6.45) is 2.01. The van der Waals surface area contributed by atoms with Crippen LogP contribution >= 0.6 is 0 Å². The number of likely N-dealkylation sites (N-methyl/N-ethyl adjacent to an activating group) is 1. The minimum absolute atomic E-state index is 0.203. The molecule has 0 N–H and O–H groups in total. The van der Waals surface area contributed by atoms with E-state index in [0.717, 1.165) is 37.5 Å². The highest BCUT2D eigenvalue weighted by atomic mass is 16.3. The number of hydrogen-bond acceptors (Lipinski definition) is 3. The van der Waals surface area contributed by atoms with Gasteiger partial charge in [0.15, 0.2) is 0 Å². The van der Waals surface area contributed by atoms with Gasteiger partial charge in [0.05, 0.1) is 13.1 Å². The lowest BCUT2D eigenvalue weighted by atomic mass is 10.3. The van der Waals surface area contributed by atoms with Crippen LogP contribution in [-0.4, -0.2) is 42.4 Å². The number of nitrogens with zero attached hydrogens (tertiary/aromatic N) is 2. The zero-order valence-electron chi connectivity index (χ0n) is 12.6. The summed E-state index contributed by atoms with van der Waals surface area (Å²) in [6.45, 7) is 8.95. The molecule has 1 heterocycles. The van der Waals surface area contributed by atoms with E-state index < -0.39 is 0 Å². The number of carbonyl (C=O) groups excluding carboxylic acids is 1. The van der Waals surface area contributed by atoms with Crippen molar-refractivity contribution in [2.75, 3.05) is 26.7 Å². The molecule has 0 saturated heterocycles. The van der Waals surface area contributed by atoms with E-state index in [9.17, 15) is 4.79 Å². The number of rotatable bonds is 8. The summed E-state index contributed by atoms with van der Waals surface area (Å²) in [5.41, 5.74) is 0. The molecule has 4 heteroatoms. The minimum Gasteiger partial charge on any atom is -0.465 e. The first-order chi connectivity index (χ1) is 9.06. The van der Waals surface area contributed by atoms with Gasteiger partial charge in [0.1, 0.15) is 11.5 Å². The quantitative estimate of drug-likeness (QED) is 0.726. The maximum Gasteiger partial charge on any atom is 0.236 e. The van der Waals surface area contributed by atoms with Gasteiger partial charge in [0, 0.05) is 13.1 Å². The smallest absolute Gasteiger partial charge is 0.236 e. The third-order valence-corrected chi connectivity index (χ3v) is 2.97. The van der Waals surface area contributed by atoms with Gasteiger partial charge in [-0.1, -0.05) is 13.8 Å². The molecule has 0 unspecified atom stereocenters. The topological polar surface area (TPSA) is 36.7 Å². The fourth-order valence-electron chi connectivity index (χ4n) is 2.12. The molecule has 0 spiro atoms. The second kappa shape index (κ2) is 8.00. The first kappa shape index (κ1) is 15.8. The van der Waals surface area contributed by atoms with Crippen molar-refractivity contribution in [3.8, 4) is 0 Å². The van der Waals surface area contributed by atoms with Gasteiger partial charge >= 0.3 is 0 Å². The first-order valence-corrected chi connectivity index (χ1v) is 7.08. The standard InChI is InChI=1S/C15H26N2O2/c1-5-9-17(10-6-2)15(18)12-16(4)11-14-8-7-13(3)19-14/h7-8H,5-6,9-12H2,1-4H3. The Balaban J connectivity index is 2.45. The van der Waals surface area contributed by atoms with Crippen LogP contribution in [0, 0.1) is 6.92 Å². The van der Waals surface area contributed by atoms with Crippen molar-refractivity contribution >= 4 is 5.91 Å². The van der Waals surface area contributed by atoms with E-state index >= 15 is 0 Å². The van der Waals surface area contributed by atoms with Crippen molar-refractivity contribution in [1.82, 2.24) is 9.80 Å². The molecule has 1 aromatic rings.